The highest BCUT2D eigenvalue weighted by atomic mass is 32.2. The third kappa shape index (κ3) is 4.23. The van der Waals surface area contributed by atoms with Crippen LogP contribution in [0.1, 0.15) is 63.5 Å². The summed E-state index contributed by atoms with van der Waals surface area (Å²) in [5.74, 6) is 1.42. The van der Waals surface area contributed by atoms with Crippen molar-refractivity contribution in [2.75, 3.05) is 0 Å². The number of hydrogen-bond donors (Lipinski definition) is 2. The Bertz CT molecular complexity index is 609. The summed E-state index contributed by atoms with van der Waals surface area (Å²) in [6, 6.07) is 11.6. The molecular weight excluding hydrogens is 304 g/mol. The normalized spacial score (nSPS) is 13.7. The van der Waals surface area contributed by atoms with Crippen LogP contribution in [0.5, 0.6) is 11.5 Å². The fourth-order valence-corrected chi connectivity index (χ4v) is 3.47. The first-order valence-corrected chi connectivity index (χ1v) is 9.11. The Morgan fingerprint density at radius 2 is 1.17 bits per heavy atom. The number of hydrogen-bond acceptors (Lipinski definition) is 3. The Labute approximate surface area is 143 Å². The number of benzene rings is 2. The van der Waals surface area contributed by atoms with Crippen LogP contribution in [-0.4, -0.2) is 10.2 Å². The largest absolute Gasteiger partial charge is 0.508 e. The third-order valence-electron chi connectivity index (χ3n) is 4.52. The van der Waals surface area contributed by atoms with Crippen molar-refractivity contribution in [2.24, 2.45) is 0 Å². The van der Waals surface area contributed by atoms with Gasteiger partial charge >= 0.3 is 0 Å². The highest BCUT2D eigenvalue weighted by Crippen LogP contribution is 2.37. The molecule has 3 heteroatoms. The van der Waals surface area contributed by atoms with Crippen LogP contribution in [0.15, 0.2) is 46.2 Å². The Hall–Kier alpha value is -1.61. The van der Waals surface area contributed by atoms with Gasteiger partial charge in [-0.1, -0.05) is 39.5 Å². The van der Waals surface area contributed by atoms with Crippen molar-refractivity contribution in [2.45, 2.75) is 62.2 Å². The summed E-state index contributed by atoms with van der Waals surface area (Å²) in [5.41, 5.74) is 2.00. The van der Waals surface area contributed by atoms with Gasteiger partial charge in [0, 0.05) is 9.79 Å². The summed E-state index contributed by atoms with van der Waals surface area (Å²) in [6.07, 6.45) is 2.00. The molecular formula is C20H26O2S. The summed E-state index contributed by atoms with van der Waals surface area (Å²) < 4.78 is 0. The predicted molar refractivity (Wildman–Crippen MR) is 97.7 cm³/mol. The van der Waals surface area contributed by atoms with Crippen LogP contribution < -0.4 is 0 Å². The van der Waals surface area contributed by atoms with E-state index in [0.717, 1.165) is 33.8 Å². The van der Waals surface area contributed by atoms with Gasteiger partial charge in [0.05, 0.1) is 0 Å². The third-order valence-corrected chi connectivity index (χ3v) is 5.50. The quantitative estimate of drug-likeness (QED) is 0.655. The fourth-order valence-electron chi connectivity index (χ4n) is 2.56. The van der Waals surface area contributed by atoms with E-state index in [1.165, 1.54) is 0 Å². The van der Waals surface area contributed by atoms with E-state index in [1.54, 1.807) is 23.9 Å². The monoisotopic (exact) mass is 330 g/mol. The second kappa shape index (κ2) is 7.78. The molecule has 0 aliphatic heterocycles. The molecule has 0 aliphatic carbocycles. The minimum absolute atomic E-state index is 0.339. The molecule has 2 unspecified atom stereocenters. The van der Waals surface area contributed by atoms with Gasteiger partial charge in [-0.05, 0) is 72.2 Å². The molecule has 0 spiro atoms. The molecule has 2 nitrogen and oxygen atoms in total. The van der Waals surface area contributed by atoms with E-state index in [9.17, 15) is 10.2 Å². The molecule has 0 aromatic heterocycles. The Kier molecular flexibility index (Phi) is 6.00. The molecule has 0 radical (unpaired) electrons. The maximum absolute atomic E-state index is 10.0. The van der Waals surface area contributed by atoms with Crippen molar-refractivity contribution in [1.82, 2.24) is 0 Å². The molecule has 2 rings (SSSR count). The van der Waals surface area contributed by atoms with Crippen LogP contribution in [0.2, 0.25) is 0 Å². The predicted octanol–water partition coefficient (Wildman–Crippen LogP) is 6.28. The van der Waals surface area contributed by atoms with Crippen molar-refractivity contribution in [1.29, 1.82) is 0 Å². The lowest BCUT2D eigenvalue weighted by Gasteiger charge is -2.15. The van der Waals surface area contributed by atoms with E-state index < -0.39 is 0 Å². The molecule has 0 aliphatic rings. The van der Waals surface area contributed by atoms with E-state index >= 15 is 0 Å². The van der Waals surface area contributed by atoms with Gasteiger partial charge in [-0.2, -0.15) is 0 Å². The SMILES string of the molecule is CCC(C)c1cc(Sc2ccc(O)c(C(C)CC)c2)ccc1O. The molecule has 23 heavy (non-hydrogen) atoms. The first-order chi connectivity index (χ1) is 11.0. The van der Waals surface area contributed by atoms with Gasteiger partial charge in [-0.15, -0.1) is 0 Å². The molecule has 124 valence electrons. The number of phenols is 2. The molecule has 0 heterocycles. The molecule has 0 bridgehead atoms. The standard InChI is InChI=1S/C20H26O2S/c1-5-13(3)17-11-15(7-9-19(17)21)23-16-8-10-20(22)18(12-16)14(4)6-2/h7-14,21-22H,5-6H2,1-4H3. The molecule has 2 aromatic rings. The highest BCUT2D eigenvalue weighted by molar-refractivity contribution is 7.99. The summed E-state index contributed by atoms with van der Waals surface area (Å²) in [5, 5.41) is 20.1. The maximum atomic E-state index is 10.0. The van der Waals surface area contributed by atoms with Gasteiger partial charge < -0.3 is 10.2 Å². The maximum Gasteiger partial charge on any atom is 0.119 e. The van der Waals surface area contributed by atoms with Gasteiger partial charge in [0.15, 0.2) is 0 Å². The fraction of sp³-hybridized carbons (Fsp3) is 0.400. The average Bonchev–Trinajstić information content (AvgIpc) is 2.56. The number of aromatic hydroxyl groups is 2. The summed E-state index contributed by atoms with van der Waals surface area (Å²) in [6.45, 7) is 8.51. The second-order valence-electron chi connectivity index (χ2n) is 6.16. The minimum atomic E-state index is 0.339. The van der Waals surface area contributed by atoms with Crippen molar-refractivity contribution >= 4 is 11.8 Å². The summed E-state index contributed by atoms with van der Waals surface area (Å²) in [7, 11) is 0. The van der Waals surface area contributed by atoms with E-state index in [0.29, 0.717) is 23.3 Å². The van der Waals surface area contributed by atoms with Gasteiger partial charge in [0.2, 0.25) is 0 Å². The molecule has 0 fully saturated rings. The molecule has 2 atom stereocenters. The smallest absolute Gasteiger partial charge is 0.119 e. The molecule has 2 N–H and O–H groups in total. The van der Waals surface area contributed by atoms with Crippen LogP contribution in [0, 0.1) is 0 Å². The molecule has 2 aromatic carbocycles. The van der Waals surface area contributed by atoms with Crippen LogP contribution in [0.4, 0.5) is 0 Å². The highest BCUT2D eigenvalue weighted by Gasteiger charge is 2.12. The first-order valence-electron chi connectivity index (χ1n) is 8.29. The average molecular weight is 330 g/mol. The lowest BCUT2D eigenvalue weighted by molar-refractivity contribution is 0.461. The van der Waals surface area contributed by atoms with E-state index in [1.807, 2.05) is 12.1 Å². The Morgan fingerprint density at radius 1 is 0.783 bits per heavy atom. The molecule has 0 saturated carbocycles. The van der Waals surface area contributed by atoms with E-state index in [-0.39, 0.29) is 0 Å². The first kappa shape index (κ1) is 17.7. The van der Waals surface area contributed by atoms with Crippen LogP contribution in [0.25, 0.3) is 0 Å². The van der Waals surface area contributed by atoms with Crippen LogP contribution >= 0.6 is 11.8 Å². The lowest BCUT2D eigenvalue weighted by atomic mass is 9.98. The molecule has 0 saturated heterocycles. The zero-order chi connectivity index (χ0) is 17.0. The van der Waals surface area contributed by atoms with Crippen molar-refractivity contribution in [3.05, 3.63) is 47.5 Å². The van der Waals surface area contributed by atoms with Gasteiger partial charge in [0.1, 0.15) is 11.5 Å². The molecule has 0 amide bonds. The van der Waals surface area contributed by atoms with Gasteiger partial charge in [-0.3, -0.25) is 0 Å². The zero-order valence-electron chi connectivity index (χ0n) is 14.3. The second-order valence-corrected chi connectivity index (χ2v) is 7.31. The van der Waals surface area contributed by atoms with E-state index in [4.69, 9.17) is 0 Å². The van der Waals surface area contributed by atoms with Crippen LogP contribution in [-0.2, 0) is 0 Å². The van der Waals surface area contributed by atoms with Crippen molar-refractivity contribution in [3.8, 4) is 11.5 Å². The Morgan fingerprint density at radius 3 is 1.52 bits per heavy atom. The zero-order valence-corrected chi connectivity index (χ0v) is 15.2. The minimum Gasteiger partial charge on any atom is -0.508 e. The topological polar surface area (TPSA) is 40.5 Å². The Balaban J connectivity index is 2.29. The van der Waals surface area contributed by atoms with Gasteiger partial charge in [-0.25, -0.2) is 0 Å². The summed E-state index contributed by atoms with van der Waals surface area (Å²) >= 11 is 1.67. The number of rotatable bonds is 6. The van der Waals surface area contributed by atoms with E-state index in [2.05, 4.69) is 39.8 Å². The van der Waals surface area contributed by atoms with Gasteiger partial charge in [0.25, 0.3) is 0 Å². The van der Waals surface area contributed by atoms with Crippen LogP contribution in [0.3, 0.4) is 0 Å². The van der Waals surface area contributed by atoms with Crippen molar-refractivity contribution < 1.29 is 10.2 Å². The number of phenolic OH excluding ortho intramolecular Hbond substituents is 2. The van der Waals surface area contributed by atoms with Crippen molar-refractivity contribution in [3.63, 3.8) is 0 Å². The summed E-state index contributed by atoms with van der Waals surface area (Å²) in [4.78, 5) is 2.22. The lowest BCUT2D eigenvalue weighted by Crippen LogP contribution is -1.93.